The van der Waals surface area contributed by atoms with Gasteiger partial charge in [-0.15, -0.1) is 0 Å². The molecule has 0 atom stereocenters. The van der Waals surface area contributed by atoms with E-state index < -0.39 is 5.97 Å². The molecule has 0 aromatic heterocycles. The molecule has 0 spiro atoms. The van der Waals surface area contributed by atoms with Gasteiger partial charge in [-0.1, -0.05) is 51.2 Å². The van der Waals surface area contributed by atoms with Gasteiger partial charge < -0.3 is 9.47 Å². The first-order chi connectivity index (χ1) is 14.6. The van der Waals surface area contributed by atoms with Crippen molar-refractivity contribution in [3.8, 4) is 11.5 Å². The molecule has 0 aliphatic heterocycles. The van der Waals surface area contributed by atoms with Gasteiger partial charge in [-0.05, 0) is 48.4 Å². The number of nitrogens with zero attached hydrogens (tertiary/aromatic N) is 1. The summed E-state index contributed by atoms with van der Waals surface area (Å²) in [7, 11) is 1.57. The van der Waals surface area contributed by atoms with Gasteiger partial charge in [0, 0.05) is 6.42 Å². The number of benzene rings is 2. The standard InChI is InChI=1S/C24H30N2O4/c1-3-4-5-6-7-8-12-23(27)26-25-18-19-10-9-11-22(17-19)30-24(28)20-13-15-21(29-2)16-14-20/h9-11,13-18H,3-8,12H2,1-2H3,(H,26,27). The van der Waals surface area contributed by atoms with Crippen molar-refractivity contribution in [2.75, 3.05) is 7.11 Å². The number of hydrogen-bond acceptors (Lipinski definition) is 5. The summed E-state index contributed by atoms with van der Waals surface area (Å²) in [6, 6.07) is 13.6. The molecule has 0 aliphatic carbocycles. The fraction of sp³-hybridized carbons (Fsp3) is 0.375. The third kappa shape index (κ3) is 8.47. The van der Waals surface area contributed by atoms with Crippen LogP contribution in [0.5, 0.6) is 11.5 Å². The maximum absolute atomic E-state index is 12.3. The summed E-state index contributed by atoms with van der Waals surface area (Å²) in [5, 5.41) is 3.99. The Morgan fingerprint density at radius 1 is 0.967 bits per heavy atom. The summed E-state index contributed by atoms with van der Waals surface area (Å²) < 4.78 is 10.5. The van der Waals surface area contributed by atoms with Crippen molar-refractivity contribution in [3.63, 3.8) is 0 Å². The minimum Gasteiger partial charge on any atom is -0.497 e. The van der Waals surface area contributed by atoms with Gasteiger partial charge in [0.05, 0.1) is 18.9 Å². The van der Waals surface area contributed by atoms with Crippen molar-refractivity contribution in [1.29, 1.82) is 0 Å². The zero-order valence-corrected chi connectivity index (χ0v) is 17.7. The summed E-state index contributed by atoms with van der Waals surface area (Å²) in [4.78, 5) is 24.1. The zero-order valence-electron chi connectivity index (χ0n) is 17.7. The van der Waals surface area contributed by atoms with Crippen molar-refractivity contribution in [2.24, 2.45) is 5.10 Å². The van der Waals surface area contributed by atoms with Gasteiger partial charge in [-0.2, -0.15) is 5.10 Å². The predicted octanol–water partition coefficient (Wildman–Crippen LogP) is 5.12. The number of nitrogens with one attached hydrogen (secondary N) is 1. The number of esters is 1. The fourth-order valence-electron chi connectivity index (χ4n) is 2.85. The van der Waals surface area contributed by atoms with Crippen LogP contribution in [0, 0.1) is 0 Å². The van der Waals surface area contributed by atoms with E-state index in [1.54, 1.807) is 49.6 Å². The lowest BCUT2D eigenvalue weighted by molar-refractivity contribution is -0.121. The molecule has 1 amide bonds. The van der Waals surface area contributed by atoms with Crippen LogP contribution in [-0.2, 0) is 4.79 Å². The van der Waals surface area contributed by atoms with Gasteiger partial charge in [0.15, 0.2) is 0 Å². The largest absolute Gasteiger partial charge is 0.497 e. The van der Waals surface area contributed by atoms with Crippen LogP contribution < -0.4 is 14.9 Å². The highest BCUT2D eigenvalue weighted by Gasteiger charge is 2.09. The van der Waals surface area contributed by atoms with E-state index in [-0.39, 0.29) is 5.91 Å². The third-order valence-corrected chi connectivity index (χ3v) is 4.55. The Labute approximate surface area is 178 Å². The molecule has 2 rings (SSSR count). The first kappa shape index (κ1) is 23.1. The lowest BCUT2D eigenvalue weighted by atomic mass is 10.1. The summed E-state index contributed by atoms with van der Waals surface area (Å²) in [5.74, 6) is 0.518. The average molecular weight is 411 g/mol. The number of unbranched alkanes of at least 4 members (excludes halogenated alkanes) is 5. The number of hydrogen-bond donors (Lipinski definition) is 1. The van der Waals surface area contributed by atoms with E-state index in [2.05, 4.69) is 17.5 Å². The van der Waals surface area contributed by atoms with Crippen LogP contribution in [0.3, 0.4) is 0 Å². The van der Waals surface area contributed by atoms with E-state index in [0.717, 1.165) is 18.4 Å². The molecule has 6 nitrogen and oxygen atoms in total. The van der Waals surface area contributed by atoms with Crippen molar-refractivity contribution in [3.05, 3.63) is 59.7 Å². The van der Waals surface area contributed by atoms with E-state index in [1.165, 1.54) is 31.9 Å². The molecule has 160 valence electrons. The summed E-state index contributed by atoms with van der Waals surface area (Å²) >= 11 is 0. The molecule has 0 aliphatic rings. The molecule has 2 aromatic rings. The van der Waals surface area contributed by atoms with Crippen LogP contribution in [0.4, 0.5) is 0 Å². The van der Waals surface area contributed by atoms with E-state index in [9.17, 15) is 9.59 Å². The molecule has 0 bridgehead atoms. The van der Waals surface area contributed by atoms with Crippen LogP contribution in [0.25, 0.3) is 0 Å². The monoisotopic (exact) mass is 410 g/mol. The number of ether oxygens (including phenoxy) is 2. The summed E-state index contributed by atoms with van der Waals surface area (Å²) in [6.45, 7) is 2.19. The smallest absolute Gasteiger partial charge is 0.343 e. The van der Waals surface area contributed by atoms with Gasteiger partial charge in [-0.3, -0.25) is 4.79 Å². The molecule has 0 heterocycles. The van der Waals surface area contributed by atoms with Gasteiger partial charge >= 0.3 is 5.97 Å². The van der Waals surface area contributed by atoms with Gasteiger partial charge in [0.25, 0.3) is 0 Å². The molecule has 0 saturated heterocycles. The molecule has 2 aromatic carbocycles. The van der Waals surface area contributed by atoms with E-state index in [1.807, 2.05) is 6.07 Å². The number of methoxy groups -OCH3 is 1. The second-order valence-electron chi connectivity index (χ2n) is 7.00. The summed E-state index contributed by atoms with van der Waals surface area (Å²) in [5.41, 5.74) is 3.69. The highest BCUT2D eigenvalue weighted by Crippen LogP contribution is 2.16. The Morgan fingerprint density at radius 2 is 1.70 bits per heavy atom. The van der Waals surface area contributed by atoms with Crippen LogP contribution in [0.2, 0.25) is 0 Å². The topological polar surface area (TPSA) is 77.0 Å². The number of amides is 1. The van der Waals surface area contributed by atoms with E-state index >= 15 is 0 Å². The minimum atomic E-state index is -0.459. The van der Waals surface area contributed by atoms with Crippen LogP contribution in [0.1, 0.15) is 67.8 Å². The van der Waals surface area contributed by atoms with Crippen molar-refractivity contribution in [1.82, 2.24) is 5.43 Å². The quantitative estimate of drug-likeness (QED) is 0.173. The number of carbonyl (C=O) groups is 2. The number of carbonyl (C=O) groups excluding carboxylic acids is 2. The Hall–Kier alpha value is -3.15. The first-order valence-electron chi connectivity index (χ1n) is 10.4. The van der Waals surface area contributed by atoms with E-state index in [0.29, 0.717) is 23.5 Å². The van der Waals surface area contributed by atoms with Gasteiger partial charge in [0.1, 0.15) is 11.5 Å². The Morgan fingerprint density at radius 3 is 2.43 bits per heavy atom. The maximum atomic E-state index is 12.3. The van der Waals surface area contributed by atoms with Crippen LogP contribution in [0.15, 0.2) is 53.6 Å². The number of hydrazone groups is 1. The molecule has 1 N–H and O–H groups in total. The lowest BCUT2D eigenvalue weighted by Gasteiger charge is -2.06. The Kier molecular flexibility index (Phi) is 10.1. The molecule has 0 fully saturated rings. The molecule has 6 heteroatoms. The SMILES string of the molecule is CCCCCCCCC(=O)NN=Cc1cccc(OC(=O)c2ccc(OC)cc2)c1. The number of rotatable bonds is 12. The maximum Gasteiger partial charge on any atom is 0.343 e. The molecular weight excluding hydrogens is 380 g/mol. The average Bonchev–Trinajstić information content (AvgIpc) is 2.76. The molecule has 0 unspecified atom stereocenters. The van der Waals surface area contributed by atoms with Gasteiger partial charge in [0.2, 0.25) is 5.91 Å². The third-order valence-electron chi connectivity index (χ3n) is 4.55. The lowest BCUT2D eigenvalue weighted by Crippen LogP contribution is -2.16. The Balaban J connectivity index is 1.78. The minimum absolute atomic E-state index is 0.0937. The summed E-state index contributed by atoms with van der Waals surface area (Å²) in [6.07, 6.45) is 8.83. The zero-order chi connectivity index (χ0) is 21.6. The molecule has 0 saturated carbocycles. The molecule has 30 heavy (non-hydrogen) atoms. The molecular formula is C24H30N2O4. The van der Waals surface area contributed by atoms with Crippen LogP contribution in [-0.4, -0.2) is 25.2 Å². The predicted molar refractivity (Wildman–Crippen MR) is 118 cm³/mol. The highest BCUT2D eigenvalue weighted by atomic mass is 16.5. The molecule has 0 radical (unpaired) electrons. The van der Waals surface area contributed by atoms with Crippen LogP contribution >= 0.6 is 0 Å². The van der Waals surface area contributed by atoms with Crippen molar-refractivity contribution >= 4 is 18.1 Å². The highest BCUT2D eigenvalue weighted by molar-refractivity contribution is 5.91. The van der Waals surface area contributed by atoms with Crippen molar-refractivity contribution < 1.29 is 19.1 Å². The van der Waals surface area contributed by atoms with Crippen molar-refractivity contribution in [2.45, 2.75) is 51.9 Å². The first-order valence-corrected chi connectivity index (χ1v) is 10.4. The fourth-order valence-corrected chi connectivity index (χ4v) is 2.85. The van der Waals surface area contributed by atoms with E-state index in [4.69, 9.17) is 9.47 Å². The second-order valence-corrected chi connectivity index (χ2v) is 7.00. The van der Waals surface area contributed by atoms with Gasteiger partial charge in [-0.25, -0.2) is 10.2 Å². The second kappa shape index (κ2) is 13.1. The Bertz CT molecular complexity index is 831. The normalized spacial score (nSPS) is 10.7.